The van der Waals surface area contributed by atoms with E-state index in [4.69, 9.17) is 10.5 Å². The molecular formula is C18H24N4O3. The zero-order valence-corrected chi connectivity index (χ0v) is 14.5. The van der Waals surface area contributed by atoms with Crippen molar-refractivity contribution in [1.29, 1.82) is 0 Å². The first kappa shape index (κ1) is 18.5. The number of ether oxygens (including phenoxy) is 1. The van der Waals surface area contributed by atoms with Gasteiger partial charge in [-0.3, -0.25) is 9.59 Å². The van der Waals surface area contributed by atoms with Gasteiger partial charge in [-0.15, -0.1) is 0 Å². The number of benzene rings is 1. The van der Waals surface area contributed by atoms with E-state index >= 15 is 0 Å². The molecule has 0 bridgehead atoms. The normalized spacial score (nSPS) is 10.4. The van der Waals surface area contributed by atoms with Crippen molar-refractivity contribution in [1.82, 2.24) is 9.88 Å². The van der Waals surface area contributed by atoms with Crippen LogP contribution < -0.4 is 16.4 Å². The van der Waals surface area contributed by atoms with Crippen LogP contribution in [0.25, 0.3) is 11.1 Å². The van der Waals surface area contributed by atoms with Crippen molar-refractivity contribution in [3.63, 3.8) is 0 Å². The molecule has 134 valence electrons. The Hall–Kier alpha value is -2.80. The van der Waals surface area contributed by atoms with E-state index in [0.717, 1.165) is 16.8 Å². The summed E-state index contributed by atoms with van der Waals surface area (Å²) in [7, 11) is 3.71. The van der Waals surface area contributed by atoms with Crippen LogP contribution in [0.5, 0.6) is 0 Å². The Morgan fingerprint density at radius 2 is 1.92 bits per heavy atom. The number of amides is 1. The minimum atomic E-state index is -0.442. The zero-order chi connectivity index (χ0) is 18.2. The summed E-state index contributed by atoms with van der Waals surface area (Å²) in [6.45, 7) is 0.536. The fourth-order valence-corrected chi connectivity index (χ4v) is 2.39. The number of carbonyl (C=O) groups is 2. The molecule has 7 heteroatoms. The van der Waals surface area contributed by atoms with Crippen molar-refractivity contribution in [2.24, 2.45) is 12.8 Å². The van der Waals surface area contributed by atoms with Crippen molar-refractivity contribution in [3.05, 3.63) is 42.2 Å². The van der Waals surface area contributed by atoms with Gasteiger partial charge in [0.05, 0.1) is 13.2 Å². The molecular weight excluding hydrogens is 320 g/mol. The van der Waals surface area contributed by atoms with Gasteiger partial charge in [0.15, 0.2) is 0 Å². The van der Waals surface area contributed by atoms with Gasteiger partial charge >= 0.3 is 5.97 Å². The smallest absolute Gasteiger partial charge is 0.319 e. The molecule has 0 fully saturated rings. The lowest BCUT2D eigenvalue weighted by molar-refractivity contribution is -0.141. The molecule has 0 radical (unpaired) electrons. The standard InChI is InChI=1S/C18H24N4O3/c1-20-15-6-4-13(5-7-15)14-10-16(22(2)12-14)18(24)21-8-3-9-25-17(23)11-19/h4-7,10,12,20H,3,8-9,11,19H2,1-2H3,(H,21,24). The van der Waals surface area contributed by atoms with Gasteiger partial charge in [-0.05, 0) is 30.2 Å². The molecule has 1 heterocycles. The maximum Gasteiger partial charge on any atom is 0.319 e. The number of nitrogens with one attached hydrogen (secondary N) is 2. The summed E-state index contributed by atoms with van der Waals surface area (Å²) < 4.78 is 6.65. The number of rotatable bonds is 8. The molecule has 2 rings (SSSR count). The van der Waals surface area contributed by atoms with Gasteiger partial charge in [0.25, 0.3) is 5.91 Å². The van der Waals surface area contributed by atoms with Crippen molar-refractivity contribution in [3.8, 4) is 11.1 Å². The quantitative estimate of drug-likeness (QED) is 0.496. The monoisotopic (exact) mass is 344 g/mol. The van der Waals surface area contributed by atoms with Gasteiger partial charge in [-0.25, -0.2) is 0 Å². The third kappa shape index (κ3) is 5.09. The van der Waals surface area contributed by atoms with E-state index < -0.39 is 5.97 Å². The molecule has 1 amide bonds. The fourth-order valence-electron chi connectivity index (χ4n) is 2.39. The second kappa shape index (κ2) is 8.89. The van der Waals surface area contributed by atoms with Crippen molar-refractivity contribution >= 4 is 17.6 Å². The first-order valence-corrected chi connectivity index (χ1v) is 8.13. The lowest BCUT2D eigenvalue weighted by Gasteiger charge is -2.06. The summed E-state index contributed by atoms with van der Waals surface area (Å²) in [6, 6.07) is 9.86. The largest absolute Gasteiger partial charge is 0.465 e. The summed E-state index contributed by atoms with van der Waals surface area (Å²) in [5.74, 6) is -0.603. The van der Waals surface area contributed by atoms with Crippen LogP contribution in [-0.4, -0.2) is 43.2 Å². The number of esters is 1. The highest BCUT2D eigenvalue weighted by molar-refractivity contribution is 5.94. The van der Waals surface area contributed by atoms with Crippen molar-refractivity contribution in [2.45, 2.75) is 6.42 Å². The molecule has 0 aliphatic carbocycles. The Bertz CT molecular complexity index is 722. The van der Waals surface area contributed by atoms with E-state index in [-0.39, 0.29) is 19.1 Å². The number of hydrogen-bond acceptors (Lipinski definition) is 5. The summed E-state index contributed by atoms with van der Waals surface area (Å²) in [4.78, 5) is 23.2. The van der Waals surface area contributed by atoms with Gasteiger partial charge in [-0.1, -0.05) is 12.1 Å². The second-order valence-electron chi connectivity index (χ2n) is 5.59. The molecule has 0 saturated carbocycles. The zero-order valence-electron chi connectivity index (χ0n) is 14.5. The van der Waals surface area contributed by atoms with Crippen LogP contribution in [0.15, 0.2) is 36.5 Å². The van der Waals surface area contributed by atoms with Crippen LogP contribution in [0, 0.1) is 0 Å². The van der Waals surface area contributed by atoms with Crippen LogP contribution in [0.3, 0.4) is 0 Å². The highest BCUT2D eigenvalue weighted by Gasteiger charge is 2.12. The molecule has 0 spiro atoms. The number of nitrogens with zero attached hydrogens (tertiary/aromatic N) is 1. The van der Waals surface area contributed by atoms with Crippen LogP contribution in [0.1, 0.15) is 16.9 Å². The third-order valence-electron chi connectivity index (χ3n) is 3.78. The predicted octanol–water partition coefficient (Wildman–Crippen LogP) is 1.36. The SMILES string of the molecule is CNc1ccc(-c2cc(C(=O)NCCCOC(=O)CN)n(C)c2)cc1. The molecule has 0 aliphatic rings. The van der Waals surface area contributed by atoms with Crippen LogP contribution in [0.2, 0.25) is 0 Å². The molecule has 4 N–H and O–H groups in total. The number of aromatic nitrogens is 1. The average molecular weight is 344 g/mol. The maximum absolute atomic E-state index is 12.3. The first-order chi connectivity index (χ1) is 12.0. The number of nitrogens with two attached hydrogens (primary N) is 1. The number of aryl methyl sites for hydroxylation is 1. The molecule has 0 atom stereocenters. The first-order valence-electron chi connectivity index (χ1n) is 8.13. The van der Waals surface area contributed by atoms with Crippen LogP contribution in [0.4, 0.5) is 5.69 Å². The Morgan fingerprint density at radius 3 is 2.56 bits per heavy atom. The fraction of sp³-hybridized carbons (Fsp3) is 0.333. The summed E-state index contributed by atoms with van der Waals surface area (Å²) in [5.41, 5.74) is 8.78. The van der Waals surface area contributed by atoms with Gasteiger partial charge in [0.2, 0.25) is 0 Å². The number of hydrogen-bond donors (Lipinski definition) is 3. The van der Waals surface area contributed by atoms with E-state index in [1.165, 1.54) is 0 Å². The molecule has 1 aromatic heterocycles. The highest BCUT2D eigenvalue weighted by atomic mass is 16.5. The van der Waals surface area contributed by atoms with E-state index in [1.54, 1.807) is 4.57 Å². The molecule has 0 aliphatic heterocycles. The second-order valence-corrected chi connectivity index (χ2v) is 5.59. The van der Waals surface area contributed by atoms with Gasteiger partial charge in [0.1, 0.15) is 5.69 Å². The number of carbonyl (C=O) groups excluding carboxylic acids is 2. The van der Waals surface area contributed by atoms with E-state index in [9.17, 15) is 9.59 Å². The van der Waals surface area contributed by atoms with E-state index in [1.807, 2.05) is 50.6 Å². The lowest BCUT2D eigenvalue weighted by atomic mass is 10.1. The molecule has 2 aromatic rings. The Kier molecular flexibility index (Phi) is 6.59. The topological polar surface area (TPSA) is 98.4 Å². The summed E-state index contributed by atoms with van der Waals surface area (Å²) in [6.07, 6.45) is 2.46. The maximum atomic E-state index is 12.3. The summed E-state index contributed by atoms with van der Waals surface area (Å²) in [5, 5.41) is 5.90. The molecule has 25 heavy (non-hydrogen) atoms. The van der Waals surface area contributed by atoms with Crippen molar-refractivity contribution < 1.29 is 14.3 Å². The Morgan fingerprint density at radius 1 is 1.20 bits per heavy atom. The third-order valence-corrected chi connectivity index (χ3v) is 3.78. The lowest BCUT2D eigenvalue weighted by Crippen LogP contribution is -2.27. The minimum Gasteiger partial charge on any atom is -0.465 e. The van der Waals surface area contributed by atoms with Gasteiger partial charge < -0.3 is 25.7 Å². The summed E-state index contributed by atoms with van der Waals surface area (Å²) >= 11 is 0. The average Bonchev–Trinajstić information content (AvgIpc) is 3.03. The molecule has 7 nitrogen and oxygen atoms in total. The molecule has 0 unspecified atom stereocenters. The van der Waals surface area contributed by atoms with Gasteiger partial charge in [0, 0.05) is 38.1 Å². The Balaban J connectivity index is 1.92. The van der Waals surface area contributed by atoms with Crippen LogP contribution >= 0.6 is 0 Å². The van der Waals surface area contributed by atoms with Gasteiger partial charge in [-0.2, -0.15) is 0 Å². The number of anilines is 1. The molecule has 0 saturated heterocycles. The minimum absolute atomic E-state index is 0.131. The van der Waals surface area contributed by atoms with E-state index in [2.05, 4.69) is 10.6 Å². The predicted molar refractivity (Wildman–Crippen MR) is 97.4 cm³/mol. The van der Waals surface area contributed by atoms with Crippen molar-refractivity contribution in [2.75, 3.05) is 32.1 Å². The van der Waals surface area contributed by atoms with E-state index in [0.29, 0.717) is 18.7 Å². The molecule has 1 aromatic carbocycles. The Labute approximate surface area is 147 Å². The van der Waals surface area contributed by atoms with Crippen LogP contribution in [-0.2, 0) is 16.6 Å². The highest BCUT2D eigenvalue weighted by Crippen LogP contribution is 2.23.